The largest absolute Gasteiger partial charge is 0.364 e. The van der Waals surface area contributed by atoms with Crippen LogP contribution in [0.5, 0.6) is 0 Å². The fourth-order valence-corrected chi connectivity index (χ4v) is 4.20. The predicted molar refractivity (Wildman–Crippen MR) is 88.9 cm³/mol. The van der Waals surface area contributed by atoms with Gasteiger partial charge in [-0.1, -0.05) is 0 Å². The first-order chi connectivity index (χ1) is 12.0. The Bertz CT molecular complexity index is 965. The zero-order valence-corrected chi connectivity index (χ0v) is 13.9. The van der Waals surface area contributed by atoms with Gasteiger partial charge in [-0.15, -0.1) is 11.3 Å². The van der Waals surface area contributed by atoms with E-state index < -0.39 is 17.5 Å². The zero-order valence-electron chi connectivity index (χ0n) is 13.1. The molecule has 25 heavy (non-hydrogen) atoms. The molecule has 4 rings (SSSR count). The van der Waals surface area contributed by atoms with Crippen LogP contribution in [0.3, 0.4) is 0 Å². The fraction of sp³-hybridized carbons (Fsp3) is 0.235. The van der Waals surface area contributed by atoms with Crippen LogP contribution in [-0.2, 0) is 6.42 Å². The Balaban J connectivity index is 1.76. The van der Waals surface area contributed by atoms with E-state index in [9.17, 15) is 13.6 Å². The number of hydrogen-bond donors (Lipinski definition) is 1. The van der Waals surface area contributed by atoms with Gasteiger partial charge in [0.15, 0.2) is 5.82 Å². The number of hydrogen-bond acceptors (Lipinski definition) is 4. The fourth-order valence-electron chi connectivity index (χ4n) is 3.23. The second-order valence-electron chi connectivity index (χ2n) is 5.93. The molecule has 3 aromatic rings. The average molecular weight is 360 g/mol. The highest BCUT2D eigenvalue weighted by Crippen LogP contribution is 2.38. The van der Waals surface area contributed by atoms with E-state index in [0.717, 1.165) is 41.6 Å². The summed E-state index contributed by atoms with van der Waals surface area (Å²) in [6, 6.07) is 3.45. The quantitative estimate of drug-likeness (QED) is 0.780. The van der Waals surface area contributed by atoms with Crippen molar-refractivity contribution in [2.45, 2.75) is 25.2 Å². The lowest BCUT2D eigenvalue weighted by Gasteiger charge is -2.21. The Kier molecular flexibility index (Phi) is 3.84. The summed E-state index contributed by atoms with van der Waals surface area (Å²) in [6.07, 6.45) is 4.21. The molecule has 0 fully saturated rings. The van der Waals surface area contributed by atoms with E-state index in [1.807, 2.05) is 0 Å². The van der Waals surface area contributed by atoms with Crippen LogP contribution in [0.4, 0.5) is 8.78 Å². The Hall–Kier alpha value is -2.61. The molecule has 2 heterocycles. The van der Waals surface area contributed by atoms with Crippen LogP contribution in [0.1, 0.15) is 45.5 Å². The Labute approximate surface area is 146 Å². The molecule has 2 N–H and O–H groups in total. The molecule has 1 unspecified atom stereocenters. The van der Waals surface area contributed by atoms with E-state index in [0.29, 0.717) is 0 Å². The van der Waals surface area contributed by atoms with Crippen LogP contribution in [0.25, 0.3) is 5.69 Å². The molecule has 1 amide bonds. The van der Waals surface area contributed by atoms with E-state index in [4.69, 9.17) is 5.73 Å². The molecule has 5 nitrogen and oxygen atoms in total. The number of benzene rings is 1. The number of thiazole rings is 1. The number of carbonyl (C=O) groups is 1. The van der Waals surface area contributed by atoms with Crippen LogP contribution in [0.15, 0.2) is 29.8 Å². The Morgan fingerprint density at radius 2 is 2.20 bits per heavy atom. The molecule has 0 aliphatic heterocycles. The number of halogens is 2. The summed E-state index contributed by atoms with van der Waals surface area (Å²) in [5.74, 6) is -1.83. The maximum atomic E-state index is 14.1. The summed E-state index contributed by atoms with van der Waals surface area (Å²) in [4.78, 5) is 15.6. The highest BCUT2D eigenvalue weighted by Gasteiger charge is 2.29. The monoisotopic (exact) mass is 360 g/mol. The van der Waals surface area contributed by atoms with Crippen molar-refractivity contribution in [3.63, 3.8) is 0 Å². The Morgan fingerprint density at radius 1 is 1.36 bits per heavy atom. The van der Waals surface area contributed by atoms with Gasteiger partial charge in [0.1, 0.15) is 22.2 Å². The summed E-state index contributed by atoms with van der Waals surface area (Å²) < 4.78 is 28.8. The van der Waals surface area contributed by atoms with Crippen LogP contribution < -0.4 is 5.73 Å². The zero-order chi connectivity index (χ0) is 17.6. The topological polar surface area (TPSA) is 73.8 Å². The van der Waals surface area contributed by atoms with Crippen molar-refractivity contribution in [3.8, 4) is 5.69 Å². The molecule has 0 bridgehead atoms. The molecule has 8 heteroatoms. The normalized spacial score (nSPS) is 16.6. The van der Waals surface area contributed by atoms with Crippen molar-refractivity contribution in [2.75, 3.05) is 0 Å². The third kappa shape index (κ3) is 2.72. The molecule has 1 aliphatic rings. The number of amides is 1. The maximum absolute atomic E-state index is 14.1. The first-order valence-electron chi connectivity index (χ1n) is 7.82. The minimum absolute atomic E-state index is 0.000824. The van der Waals surface area contributed by atoms with Gasteiger partial charge in [-0.25, -0.2) is 18.4 Å². The van der Waals surface area contributed by atoms with Crippen LogP contribution >= 0.6 is 11.3 Å². The summed E-state index contributed by atoms with van der Waals surface area (Å²) in [6.45, 7) is 0. The lowest BCUT2D eigenvalue weighted by molar-refractivity contribution is 0.0996. The smallest absolute Gasteiger partial charge is 0.268 e. The number of nitrogens with zero attached hydrogens (tertiary/aromatic N) is 3. The lowest BCUT2D eigenvalue weighted by Crippen LogP contribution is -2.15. The second-order valence-corrected chi connectivity index (χ2v) is 6.82. The highest BCUT2D eigenvalue weighted by molar-refractivity contribution is 7.10. The lowest BCUT2D eigenvalue weighted by atomic mass is 9.87. The van der Waals surface area contributed by atoms with Gasteiger partial charge in [0.25, 0.3) is 5.91 Å². The number of aromatic nitrogens is 3. The van der Waals surface area contributed by atoms with Gasteiger partial charge in [-0.3, -0.25) is 4.79 Å². The highest BCUT2D eigenvalue weighted by atomic mass is 32.1. The van der Waals surface area contributed by atoms with Gasteiger partial charge < -0.3 is 5.73 Å². The minimum atomic E-state index is -0.654. The second kappa shape index (κ2) is 6.03. The first-order valence-corrected chi connectivity index (χ1v) is 8.70. The third-order valence-electron chi connectivity index (χ3n) is 4.39. The van der Waals surface area contributed by atoms with Crippen molar-refractivity contribution in [1.29, 1.82) is 0 Å². The SMILES string of the molecule is NC(=O)c1csc(C2CCCc3c2cnn3-c2ccc(F)cc2F)n1. The van der Waals surface area contributed by atoms with E-state index in [2.05, 4.69) is 10.1 Å². The first kappa shape index (κ1) is 15.9. The number of rotatable bonds is 3. The van der Waals surface area contributed by atoms with Crippen molar-refractivity contribution in [2.24, 2.45) is 5.73 Å². The summed E-state index contributed by atoms with van der Waals surface area (Å²) in [5.41, 5.74) is 7.60. The minimum Gasteiger partial charge on any atom is -0.364 e. The maximum Gasteiger partial charge on any atom is 0.268 e. The van der Waals surface area contributed by atoms with Crippen molar-refractivity contribution < 1.29 is 13.6 Å². The molecule has 2 aromatic heterocycles. The standard InChI is InChI=1S/C17H14F2N4OS/c18-9-4-5-15(12(19)6-9)23-14-3-1-2-10(11(14)7-21-23)17-22-13(8-25-17)16(20)24/h4-8,10H,1-3H2,(H2,20,24). The molecule has 0 radical (unpaired) electrons. The number of carbonyl (C=O) groups excluding carboxylic acids is 1. The van der Waals surface area contributed by atoms with Crippen LogP contribution in [-0.4, -0.2) is 20.7 Å². The Morgan fingerprint density at radius 3 is 2.92 bits per heavy atom. The van der Waals surface area contributed by atoms with Gasteiger partial charge >= 0.3 is 0 Å². The number of nitrogens with two attached hydrogens (primary N) is 1. The van der Waals surface area contributed by atoms with E-state index in [1.54, 1.807) is 11.6 Å². The number of fused-ring (bicyclic) bond motifs is 1. The van der Waals surface area contributed by atoms with Gasteiger partial charge in [-0.2, -0.15) is 5.10 Å². The van der Waals surface area contributed by atoms with Crippen molar-refractivity contribution >= 4 is 17.2 Å². The summed E-state index contributed by atoms with van der Waals surface area (Å²) >= 11 is 1.39. The van der Waals surface area contributed by atoms with Gasteiger partial charge in [0.2, 0.25) is 0 Å². The van der Waals surface area contributed by atoms with Gasteiger partial charge in [-0.05, 0) is 31.4 Å². The molecular weight excluding hydrogens is 346 g/mol. The predicted octanol–water partition coefficient (Wildman–Crippen LogP) is 3.17. The average Bonchev–Trinajstić information content (AvgIpc) is 3.22. The molecular formula is C17H14F2N4OS. The number of primary amides is 1. The van der Waals surface area contributed by atoms with Gasteiger partial charge in [0.05, 0.1) is 6.20 Å². The molecule has 0 saturated carbocycles. The van der Waals surface area contributed by atoms with E-state index in [-0.39, 0.29) is 17.3 Å². The molecule has 1 aliphatic carbocycles. The van der Waals surface area contributed by atoms with Gasteiger partial charge in [0, 0.05) is 28.6 Å². The third-order valence-corrected chi connectivity index (χ3v) is 5.35. The molecule has 128 valence electrons. The van der Waals surface area contributed by atoms with Crippen molar-refractivity contribution in [3.05, 3.63) is 63.4 Å². The van der Waals surface area contributed by atoms with Crippen LogP contribution in [0.2, 0.25) is 0 Å². The summed E-state index contributed by atoms with van der Waals surface area (Å²) in [7, 11) is 0. The molecule has 1 atom stereocenters. The van der Waals surface area contributed by atoms with Crippen LogP contribution in [0, 0.1) is 11.6 Å². The van der Waals surface area contributed by atoms with E-state index in [1.165, 1.54) is 28.2 Å². The molecule has 0 spiro atoms. The summed E-state index contributed by atoms with van der Waals surface area (Å²) in [5, 5.41) is 6.76. The van der Waals surface area contributed by atoms with E-state index >= 15 is 0 Å². The van der Waals surface area contributed by atoms with Crippen molar-refractivity contribution in [1.82, 2.24) is 14.8 Å². The molecule has 1 aromatic carbocycles. The molecule has 0 saturated heterocycles.